The van der Waals surface area contributed by atoms with Crippen LogP contribution >= 0.6 is 23.2 Å². The largest absolute Gasteiger partial charge is 0.319 e. The lowest BCUT2D eigenvalue weighted by atomic mass is 10.2. The van der Waals surface area contributed by atoms with Gasteiger partial charge in [0.2, 0.25) is 0 Å². The summed E-state index contributed by atoms with van der Waals surface area (Å²) in [4.78, 5) is 28.7. The van der Waals surface area contributed by atoms with Crippen molar-refractivity contribution in [3.05, 3.63) is 68.6 Å². The van der Waals surface area contributed by atoms with Crippen LogP contribution in [0.1, 0.15) is 10.5 Å². The predicted octanol–water partition coefficient (Wildman–Crippen LogP) is 3.13. The van der Waals surface area contributed by atoms with Gasteiger partial charge in [-0.1, -0.05) is 35.3 Å². The standard InChI is InChI=1S/C16H9Cl2N5O2/c17-8-5-6-11(10(18)7-8)19-16(25)13-14-20-15(24)9-3-1-2-4-12(9)23(14)22-21-13/h1-7,22H,(H,19,25). The number of nitrogens with zero attached hydrogens (tertiary/aromatic N) is 3. The minimum atomic E-state index is -0.551. The van der Waals surface area contributed by atoms with E-state index in [1.807, 2.05) is 0 Å². The number of rotatable bonds is 2. The number of para-hydroxylation sites is 1. The first-order valence-corrected chi connectivity index (χ1v) is 7.92. The maximum Gasteiger partial charge on any atom is 0.281 e. The van der Waals surface area contributed by atoms with Crippen LogP contribution in [0.25, 0.3) is 16.6 Å². The minimum absolute atomic E-state index is 0.0196. The maximum absolute atomic E-state index is 12.5. The number of nitrogens with one attached hydrogen (secondary N) is 2. The number of carbonyl (C=O) groups is 1. The lowest BCUT2D eigenvalue weighted by molar-refractivity contribution is 0.102. The summed E-state index contributed by atoms with van der Waals surface area (Å²) < 4.78 is 1.48. The molecule has 0 saturated heterocycles. The molecular weight excluding hydrogens is 365 g/mol. The Bertz CT molecular complexity index is 1200. The van der Waals surface area contributed by atoms with E-state index in [-0.39, 0.29) is 16.4 Å². The molecule has 9 heteroatoms. The first kappa shape index (κ1) is 15.6. The van der Waals surface area contributed by atoms with E-state index in [0.717, 1.165) is 0 Å². The third kappa shape index (κ3) is 2.63. The topological polar surface area (TPSA) is 92.2 Å². The first-order valence-electron chi connectivity index (χ1n) is 7.17. The Kier molecular flexibility index (Phi) is 3.67. The summed E-state index contributed by atoms with van der Waals surface area (Å²) in [7, 11) is 0. The number of H-pyrrole nitrogens is 1. The molecule has 2 aromatic carbocycles. The zero-order valence-electron chi connectivity index (χ0n) is 12.5. The molecule has 2 N–H and O–H groups in total. The molecule has 0 radical (unpaired) electrons. The zero-order valence-corrected chi connectivity index (χ0v) is 14.0. The molecule has 0 bridgehead atoms. The Morgan fingerprint density at radius 2 is 1.96 bits per heavy atom. The average Bonchev–Trinajstić information content (AvgIpc) is 3.01. The van der Waals surface area contributed by atoms with Crippen molar-refractivity contribution in [3.8, 4) is 0 Å². The molecule has 0 spiro atoms. The van der Waals surface area contributed by atoms with Crippen LogP contribution in [-0.2, 0) is 0 Å². The summed E-state index contributed by atoms with van der Waals surface area (Å²) in [5, 5.41) is 10.5. The Morgan fingerprint density at radius 3 is 2.76 bits per heavy atom. The molecule has 7 nitrogen and oxygen atoms in total. The second-order valence-corrected chi connectivity index (χ2v) is 6.08. The molecule has 4 aromatic rings. The van der Waals surface area contributed by atoms with Crippen molar-refractivity contribution in [2.75, 3.05) is 5.32 Å². The van der Waals surface area contributed by atoms with Gasteiger partial charge in [-0.15, -0.1) is 5.10 Å². The van der Waals surface area contributed by atoms with Gasteiger partial charge in [-0.25, -0.2) is 9.73 Å². The van der Waals surface area contributed by atoms with Gasteiger partial charge in [0.05, 0.1) is 21.6 Å². The second kappa shape index (κ2) is 5.87. The van der Waals surface area contributed by atoms with E-state index in [9.17, 15) is 9.59 Å². The van der Waals surface area contributed by atoms with E-state index in [1.165, 1.54) is 10.6 Å². The van der Waals surface area contributed by atoms with Gasteiger partial charge < -0.3 is 5.32 Å². The highest BCUT2D eigenvalue weighted by Gasteiger charge is 2.19. The summed E-state index contributed by atoms with van der Waals surface area (Å²) >= 11 is 11.9. The van der Waals surface area contributed by atoms with Gasteiger partial charge in [-0.3, -0.25) is 9.59 Å². The van der Waals surface area contributed by atoms with Gasteiger partial charge in [0.25, 0.3) is 11.5 Å². The maximum atomic E-state index is 12.5. The van der Waals surface area contributed by atoms with Crippen molar-refractivity contribution < 1.29 is 4.79 Å². The lowest BCUT2D eigenvalue weighted by Crippen LogP contribution is -2.16. The van der Waals surface area contributed by atoms with Crippen LogP contribution in [0.4, 0.5) is 5.69 Å². The number of benzene rings is 2. The number of anilines is 1. The average molecular weight is 374 g/mol. The van der Waals surface area contributed by atoms with Crippen molar-refractivity contribution in [1.82, 2.24) is 19.8 Å². The van der Waals surface area contributed by atoms with E-state index < -0.39 is 11.5 Å². The van der Waals surface area contributed by atoms with Crippen LogP contribution in [0.5, 0.6) is 0 Å². The highest BCUT2D eigenvalue weighted by molar-refractivity contribution is 6.36. The van der Waals surface area contributed by atoms with E-state index in [1.54, 1.807) is 36.4 Å². The SMILES string of the molecule is O=C(Nc1ccc(Cl)cc1Cl)c1n[nH]n2c1nc(=O)c1ccccc12. The van der Waals surface area contributed by atoms with Gasteiger partial charge in [0, 0.05) is 5.02 Å². The molecule has 2 aromatic heterocycles. The molecule has 0 atom stereocenters. The summed E-state index contributed by atoms with van der Waals surface area (Å²) in [6.45, 7) is 0. The van der Waals surface area contributed by atoms with Crippen LogP contribution in [0.3, 0.4) is 0 Å². The lowest BCUT2D eigenvalue weighted by Gasteiger charge is -2.06. The number of aromatic amines is 1. The zero-order chi connectivity index (χ0) is 17.6. The highest BCUT2D eigenvalue weighted by Crippen LogP contribution is 2.26. The molecule has 0 aliphatic carbocycles. The van der Waals surface area contributed by atoms with Crippen LogP contribution in [0.15, 0.2) is 47.3 Å². The molecule has 0 unspecified atom stereocenters. The number of aromatic nitrogens is 4. The van der Waals surface area contributed by atoms with Gasteiger partial charge in [0.1, 0.15) is 0 Å². The molecule has 0 aliphatic heterocycles. The third-order valence-electron chi connectivity index (χ3n) is 3.66. The molecule has 0 aliphatic rings. The van der Waals surface area contributed by atoms with Crippen LogP contribution in [0.2, 0.25) is 10.0 Å². The van der Waals surface area contributed by atoms with Crippen molar-refractivity contribution in [2.24, 2.45) is 0 Å². The number of amides is 1. The van der Waals surface area contributed by atoms with E-state index >= 15 is 0 Å². The van der Waals surface area contributed by atoms with E-state index in [4.69, 9.17) is 23.2 Å². The number of halogens is 2. The fraction of sp³-hybridized carbons (Fsp3) is 0. The quantitative estimate of drug-likeness (QED) is 0.564. The molecular formula is C16H9Cl2N5O2. The van der Waals surface area contributed by atoms with Crippen molar-refractivity contribution in [1.29, 1.82) is 0 Å². The normalized spacial score (nSPS) is 11.1. The predicted molar refractivity (Wildman–Crippen MR) is 95.5 cm³/mol. The highest BCUT2D eigenvalue weighted by atomic mass is 35.5. The number of carbonyl (C=O) groups excluding carboxylic acids is 1. The number of hydrogen-bond acceptors (Lipinski definition) is 4. The Hall–Kier alpha value is -2.90. The number of hydrogen-bond donors (Lipinski definition) is 2. The number of fused-ring (bicyclic) bond motifs is 3. The summed E-state index contributed by atoms with van der Waals surface area (Å²) in [6, 6.07) is 11.6. The summed E-state index contributed by atoms with van der Waals surface area (Å²) in [5.74, 6) is -0.551. The Balaban J connectivity index is 1.81. The molecule has 0 saturated carbocycles. The minimum Gasteiger partial charge on any atom is -0.319 e. The van der Waals surface area contributed by atoms with Crippen molar-refractivity contribution in [2.45, 2.75) is 0 Å². The second-order valence-electron chi connectivity index (χ2n) is 5.23. The van der Waals surface area contributed by atoms with Gasteiger partial charge in [-0.05, 0) is 30.3 Å². The molecule has 0 fully saturated rings. The monoisotopic (exact) mass is 373 g/mol. The molecule has 1 amide bonds. The fourth-order valence-corrected chi connectivity index (χ4v) is 2.96. The van der Waals surface area contributed by atoms with Gasteiger partial charge >= 0.3 is 0 Å². The van der Waals surface area contributed by atoms with Gasteiger partial charge in [0.15, 0.2) is 11.3 Å². The van der Waals surface area contributed by atoms with Crippen LogP contribution in [-0.4, -0.2) is 25.7 Å². The summed E-state index contributed by atoms with van der Waals surface area (Å²) in [6.07, 6.45) is 0. The third-order valence-corrected chi connectivity index (χ3v) is 4.21. The van der Waals surface area contributed by atoms with Crippen molar-refractivity contribution in [3.63, 3.8) is 0 Å². The molecule has 25 heavy (non-hydrogen) atoms. The van der Waals surface area contributed by atoms with Gasteiger partial charge in [-0.2, -0.15) is 4.98 Å². The molecule has 124 valence electrons. The first-order chi connectivity index (χ1) is 12.0. The van der Waals surface area contributed by atoms with E-state index in [0.29, 0.717) is 21.6 Å². The Labute approximate surface area is 150 Å². The summed E-state index contributed by atoms with van der Waals surface area (Å²) in [5.41, 5.74) is 0.629. The van der Waals surface area contributed by atoms with Crippen molar-refractivity contribution >= 4 is 51.3 Å². The fourth-order valence-electron chi connectivity index (χ4n) is 2.50. The van der Waals surface area contributed by atoms with Crippen LogP contribution < -0.4 is 10.9 Å². The Morgan fingerprint density at radius 1 is 1.16 bits per heavy atom. The molecule has 2 heterocycles. The van der Waals surface area contributed by atoms with Crippen LogP contribution in [0, 0.1) is 0 Å². The molecule has 4 rings (SSSR count). The smallest absolute Gasteiger partial charge is 0.281 e. The van der Waals surface area contributed by atoms with E-state index in [2.05, 4.69) is 20.6 Å².